The summed E-state index contributed by atoms with van der Waals surface area (Å²) in [6.07, 6.45) is 3.81. The van der Waals surface area contributed by atoms with Crippen molar-refractivity contribution in [2.45, 2.75) is 63.6 Å². The molecule has 0 unspecified atom stereocenters. The number of carbonyl (C=O) groups excluding carboxylic acids is 4. The summed E-state index contributed by atoms with van der Waals surface area (Å²) in [5, 5.41) is 20.6. The molecule has 2 fully saturated rings. The van der Waals surface area contributed by atoms with Crippen molar-refractivity contribution in [3.05, 3.63) is 87.8 Å². The van der Waals surface area contributed by atoms with Crippen LogP contribution in [0.25, 0.3) is 22.2 Å². The molecule has 9 N–H and O–H groups in total. The van der Waals surface area contributed by atoms with Crippen molar-refractivity contribution in [3.8, 4) is 11.1 Å². The minimum absolute atomic E-state index is 0. The Kier molecular flexibility index (Phi) is 12.0. The lowest BCUT2D eigenvalue weighted by molar-refractivity contribution is -0.130. The van der Waals surface area contributed by atoms with Crippen LogP contribution in [0.4, 0.5) is 5.69 Å². The van der Waals surface area contributed by atoms with E-state index in [0.29, 0.717) is 41.2 Å². The largest absolute Gasteiger partial charge is 0.394 e. The maximum atomic E-state index is 13.7. The van der Waals surface area contributed by atoms with E-state index in [0.717, 1.165) is 47.9 Å². The second kappa shape index (κ2) is 16.4. The van der Waals surface area contributed by atoms with Gasteiger partial charge in [-0.05, 0) is 104 Å². The van der Waals surface area contributed by atoms with Crippen LogP contribution in [0, 0.1) is 18.8 Å². The number of aliphatic hydroxyl groups excluding tert-OH is 1. The molecule has 1 saturated heterocycles. The molecule has 0 bridgehead atoms. The second-order valence-electron chi connectivity index (χ2n) is 13.4. The first-order chi connectivity index (χ1) is 24.1. The molecule has 1 aliphatic heterocycles. The van der Waals surface area contributed by atoms with Crippen molar-refractivity contribution < 1.29 is 24.3 Å². The quantitative estimate of drug-likeness (QED) is 0.116. The van der Waals surface area contributed by atoms with Gasteiger partial charge in [-0.3, -0.25) is 19.2 Å². The molecule has 2 heterocycles. The lowest BCUT2D eigenvalue weighted by Gasteiger charge is -2.28. The number of fused-ring (bicyclic) bond motifs is 1. The lowest BCUT2D eigenvalue weighted by atomic mass is 9.81. The summed E-state index contributed by atoms with van der Waals surface area (Å²) in [6.45, 7) is 2.33. The van der Waals surface area contributed by atoms with Gasteiger partial charge in [0.05, 0.1) is 23.7 Å². The molecule has 3 aromatic carbocycles. The summed E-state index contributed by atoms with van der Waals surface area (Å²) < 4.78 is 0. The van der Waals surface area contributed by atoms with Crippen LogP contribution < -0.4 is 32.7 Å². The van der Waals surface area contributed by atoms with Gasteiger partial charge in [-0.25, -0.2) is 4.79 Å². The van der Waals surface area contributed by atoms with Gasteiger partial charge in [-0.15, -0.1) is 12.4 Å². The third-order valence-corrected chi connectivity index (χ3v) is 9.87. The second-order valence-corrected chi connectivity index (χ2v) is 13.4. The summed E-state index contributed by atoms with van der Waals surface area (Å²) in [4.78, 5) is 69.2. The maximum Gasteiger partial charge on any atom is 0.323 e. The Bertz CT molecular complexity index is 1950. The fourth-order valence-corrected chi connectivity index (χ4v) is 6.92. The van der Waals surface area contributed by atoms with Crippen molar-refractivity contribution in [3.63, 3.8) is 0 Å². The molecule has 1 aliphatic carbocycles. The zero-order valence-electron chi connectivity index (χ0n) is 28.3. The van der Waals surface area contributed by atoms with Crippen LogP contribution >= 0.6 is 12.4 Å². The Balaban J connectivity index is 0.00000504. The number of halogens is 1. The number of aryl methyl sites for hydroxylation is 1. The first kappa shape index (κ1) is 37.3. The predicted molar refractivity (Wildman–Crippen MR) is 196 cm³/mol. The molecule has 14 heteroatoms. The number of nitrogens with two attached hydrogens (primary N) is 1. The minimum Gasteiger partial charge on any atom is -0.394 e. The number of nitrogens with one attached hydrogen (secondary N) is 6. The number of hydrogen-bond acceptors (Lipinski definition) is 7. The van der Waals surface area contributed by atoms with Crippen LogP contribution in [0.1, 0.15) is 53.6 Å². The molecule has 6 rings (SSSR count). The number of amides is 4. The molecule has 1 aromatic heterocycles. The van der Waals surface area contributed by atoms with Gasteiger partial charge in [0, 0.05) is 23.6 Å². The number of rotatable bonds is 11. The molecule has 1 saturated carbocycles. The van der Waals surface area contributed by atoms with Crippen LogP contribution in [0.5, 0.6) is 0 Å². The molecule has 13 nitrogen and oxygen atoms in total. The third kappa shape index (κ3) is 8.85. The van der Waals surface area contributed by atoms with Gasteiger partial charge in [0.25, 0.3) is 5.91 Å². The van der Waals surface area contributed by atoms with E-state index in [1.165, 1.54) is 0 Å². The first-order valence-corrected chi connectivity index (χ1v) is 17.1. The lowest BCUT2D eigenvalue weighted by Crippen LogP contribution is -2.48. The van der Waals surface area contributed by atoms with Gasteiger partial charge in [0.15, 0.2) is 0 Å². The van der Waals surface area contributed by atoms with Crippen molar-refractivity contribution in [1.82, 2.24) is 25.9 Å². The van der Waals surface area contributed by atoms with Crippen LogP contribution in [0.2, 0.25) is 0 Å². The van der Waals surface area contributed by atoms with Gasteiger partial charge in [0.1, 0.15) is 12.1 Å². The molecule has 0 spiro atoms. The van der Waals surface area contributed by atoms with Crippen LogP contribution in [-0.2, 0) is 20.8 Å². The highest BCUT2D eigenvalue weighted by atomic mass is 35.5. The van der Waals surface area contributed by atoms with E-state index in [1.807, 2.05) is 37.3 Å². The fourth-order valence-electron chi connectivity index (χ4n) is 6.92. The van der Waals surface area contributed by atoms with E-state index >= 15 is 0 Å². The smallest absolute Gasteiger partial charge is 0.323 e. The van der Waals surface area contributed by atoms with Gasteiger partial charge < -0.3 is 42.1 Å². The van der Waals surface area contributed by atoms with Crippen molar-refractivity contribution in [2.24, 2.45) is 17.6 Å². The Morgan fingerprint density at radius 3 is 2.33 bits per heavy atom. The molecule has 0 radical (unpaired) electrons. The number of carbonyl (C=O) groups is 4. The summed E-state index contributed by atoms with van der Waals surface area (Å²) in [5.41, 5.74) is 11.1. The van der Waals surface area contributed by atoms with Crippen molar-refractivity contribution in [2.75, 3.05) is 18.5 Å². The molecular formula is C37H44ClN7O6. The van der Waals surface area contributed by atoms with Gasteiger partial charge >= 0.3 is 5.69 Å². The fraction of sp³-hybridized carbons (Fsp3) is 0.378. The SMILES string of the molecule is Cc1cc(C(=O)N[C@@H]2C[C@@H](CO)NC2=O)ccc1-c1ccc(C[C@H](NC(=O)[C@H]2CC[C@H](CN)CC2)C(=O)Nc2ccc3[nH]c(=O)[nH]c3c2)cc1.Cl. The van der Waals surface area contributed by atoms with E-state index in [2.05, 4.69) is 31.2 Å². The molecule has 4 aromatic rings. The van der Waals surface area contributed by atoms with E-state index in [4.69, 9.17) is 5.73 Å². The number of benzene rings is 3. The Hall–Kier alpha value is -4.98. The van der Waals surface area contributed by atoms with Crippen LogP contribution in [0.3, 0.4) is 0 Å². The molecule has 3 atom stereocenters. The van der Waals surface area contributed by atoms with E-state index in [1.54, 1.807) is 30.3 Å². The maximum absolute atomic E-state index is 13.7. The molecule has 2 aliphatic rings. The highest BCUT2D eigenvalue weighted by Crippen LogP contribution is 2.29. The normalized spacial score (nSPS) is 20.6. The highest BCUT2D eigenvalue weighted by Gasteiger charge is 2.33. The number of aromatic amines is 2. The topological polar surface area (TPSA) is 211 Å². The first-order valence-electron chi connectivity index (χ1n) is 17.1. The van der Waals surface area contributed by atoms with Crippen molar-refractivity contribution >= 4 is 52.8 Å². The molecule has 270 valence electrons. The number of anilines is 1. The standard InChI is InChI=1S/C37H43N7O6.ClH/c1-20-14-25(34(47)42-32-17-27(19-45)40-36(32)49)10-12-28(20)23-6-2-21(3-7-23)15-31(41-33(46)24-8-4-22(18-38)5-9-24)35(48)39-26-11-13-29-30(16-26)44-37(50)43-29;/h2-3,6-7,10-14,16,22,24,27,31-32,45H,4-5,8-9,15,17-19,38H2,1H3,(H,39,48)(H,40,49)(H,41,46)(H,42,47)(H2,43,44,50);1H/t22-,24-,27-,31-,32+;/m0./s1. The number of aromatic nitrogens is 2. The highest BCUT2D eigenvalue weighted by molar-refractivity contribution is 6.00. The Morgan fingerprint density at radius 2 is 1.67 bits per heavy atom. The summed E-state index contributed by atoms with van der Waals surface area (Å²) >= 11 is 0. The number of H-pyrrole nitrogens is 2. The average Bonchev–Trinajstić information content (AvgIpc) is 3.67. The van der Waals surface area contributed by atoms with E-state index < -0.39 is 12.1 Å². The average molecular weight is 718 g/mol. The monoisotopic (exact) mass is 717 g/mol. The minimum atomic E-state index is -0.851. The third-order valence-electron chi connectivity index (χ3n) is 9.87. The molecular weight excluding hydrogens is 674 g/mol. The Morgan fingerprint density at radius 1 is 0.941 bits per heavy atom. The summed E-state index contributed by atoms with van der Waals surface area (Å²) in [6, 6.07) is 16.2. The zero-order valence-corrected chi connectivity index (χ0v) is 29.1. The number of imidazole rings is 1. The number of hydrogen-bond donors (Lipinski definition) is 8. The van der Waals surface area contributed by atoms with Gasteiger partial charge in [-0.2, -0.15) is 0 Å². The summed E-state index contributed by atoms with van der Waals surface area (Å²) in [5.74, 6) is -0.961. The Labute approximate surface area is 301 Å². The molecule has 4 amide bonds. The zero-order chi connectivity index (χ0) is 35.4. The van der Waals surface area contributed by atoms with E-state index in [9.17, 15) is 29.1 Å². The molecule has 51 heavy (non-hydrogen) atoms. The van der Waals surface area contributed by atoms with Gasteiger partial charge in [0.2, 0.25) is 17.7 Å². The van der Waals surface area contributed by atoms with Crippen LogP contribution in [0.15, 0.2) is 65.5 Å². The van der Waals surface area contributed by atoms with Gasteiger partial charge in [-0.1, -0.05) is 30.3 Å². The van der Waals surface area contributed by atoms with Crippen molar-refractivity contribution in [1.29, 1.82) is 0 Å². The van der Waals surface area contributed by atoms with Crippen LogP contribution in [-0.4, -0.2) is 70.0 Å². The van der Waals surface area contributed by atoms with E-state index in [-0.39, 0.29) is 66.7 Å². The summed E-state index contributed by atoms with van der Waals surface area (Å²) in [7, 11) is 0. The number of aliphatic hydroxyl groups is 1. The predicted octanol–water partition coefficient (Wildman–Crippen LogP) is 2.66.